The van der Waals surface area contributed by atoms with Crippen molar-refractivity contribution < 1.29 is 22.4 Å². The maximum absolute atomic E-state index is 13.7. The van der Waals surface area contributed by atoms with E-state index in [0.29, 0.717) is 18.7 Å². The van der Waals surface area contributed by atoms with E-state index in [-0.39, 0.29) is 37.7 Å². The van der Waals surface area contributed by atoms with E-state index in [1.807, 2.05) is 68.4 Å². The molecular weight excluding hydrogens is 517 g/mol. The van der Waals surface area contributed by atoms with Gasteiger partial charge in [0.15, 0.2) is 0 Å². The van der Waals surface area contributed by atoms with Gasteiger partial charge in [0.05, 0.1) is 11.9 Å². The first-order valence-corrected chi connectivity index (χ1v) is 14.8. The summed E-state index contributed by atoms with van der Waals surface area (Å²) in [6.07, 6.45) is 1.67. The van der Waals surface area contributed by atoms with Crippen LogP contribution in [0.2, 0.25) is 0 Å². The number of nitrogens with one attached hydrogen (secondary N) is 1. The zero-order valence-electron chi connectivity index (χ0n) is 22.6. The van der Waals surface area contributed by atoms with Crippen molar-refractivity contribution in [1.29, 1.82) is 0 Å². The molecule has 3 aromatic carbocycles. The summed E-state index contributed by atoms with van der Waals surface area (Å²) in [4.78, 5) is 28.5. The number of sulfonamides is 1. The summed E-state index contributed by atoms with van der Waals surface area (Å²) in [5.74, 6) is -0.967. The number of hydrogen-bond donors (Lipinski definition) is 1. The molecule has 0 radical (unpaired) electrons. The van der Waals surface area contributed by atoms with Gasteiger partial charge in [0.25, 0.3) is 0 Å². The first-order chi connectivity index (χ1) is 18.6. The van der Waals surface area contributed by atoms with Crippen molar-refractivity contribution in [2.75, 3.05) is 23.7 Å². The van der Waals surface area contributed by atoms with Crippen LogP contribution in [0.4, 0.5) is 10.1 Å². The molecule has 3 rings (SSSR count). The van der Waals surface area contributed by atoms with Gasteiger partial charge >= 0.3 is 0 Å². The van der Waals surface area contributed by atoms with Gasteiger partial charge in [-0.05, 0) is 55.7 Å². The molecule has 0 saturated heterocycles. The summed E-state index contributed by atoms with van der Waals surface area (Å²) in [6, 6.07) is 21.8. The second-order valence-corrected chi connectivity index (χ2v) is 11.4. The van der Waals surface area contributed by atoms with E-state index in [2.05, 4.69) is 5.32 Å². The summed E-state index contributed by atoms with van der Waals surface area (Å²) in [5, 5.41) is 2.87. The van der Waals surface area contributed by atoms with E-state index in [1.165, 1.54) is 24.3 Å². The molecule has 0 heterocycles. The predicted octanol–water partition coefficient (Wildman–Crippen LogP) is 4.46. The van der Waals surface area contributed by atoms with E-state index in [4.69, 9.17) is 0 Å². The predicted molar refractivity (Wildman–Crippen MR) is 152 cm³/mol. The number of benzene rings is 3. The molecule has 0 aliphatic carbocycles. The number of aryl methyl sites for hydroxylation is 1. The molecule has 0 aromatic heterocycles. The van der Waals surface area contributed by atoms with Crippen LogP contribution < -0.4 is 9.62 Å². The summed E-state index contributed by atoms with van der Waals surface area (Å²) in [7, 11) is -3.66. The minimum absolute atomic E-state index is 0.0315. The number of carbonyl (C=O) groups is 2. The van der Waals surface area contributed by atoms with Gasteiger partial charge in [0, 0.05) is 32.5 Å². The number of rotatable bonds is 13. The fraction of sp³-hybridized carbons (Fsp3) is 0.333. The van der Waals surface area contributed by atoms with Crippen LogP contribution in [0.1, 0.15) is 36.5 Å². The van der Waals surface area contributed by atoms with Gasteiger partial charge < -0.3 is 10.2 Å². The Hall–Kier alpha value is -3.72. The van der Waals surface area contributed by atoms with Gasteiger partial charge in [-0.25, -0.2) is 12.8 Å². The van der Waals surface area contributed by atoms with E-state index in [1.54, 1.807) is 4.90 Å². The molecular formula is C30H36FN3O4S. The van der Waals surface area contributed by atoms with E-state index in [9.17, 15) is 22.4 Å². The Morgan fingerprint density at radius 3 is 2.15 bits per heavy atom. The van der Waals surface area contributed by atoms with Crippen LogP contribution in [-0.4, -0.2) is 50.5 Å². The zero-order valence-corrected chi connectivity index (χ0v) is 23.5. The molecule has 0 fully saturated rings. The van der Waals surface area contributed by atoms with Crippen LogP contribution in [0.5, 0.6) is 0 Å². The van der Waals surface area contributed by atoms with Crippen LogP contribution in [0, 0.1) is 12.7 Å². The number of hydrogen-bond acceptors (Lipinski definition) is 4. The standard InChI is InChI=1S/C30H36FN3O4S/c1-4-32-30(36)28(21-24-9-6-5-7-10-24)33(22-25-14-12-23(2)13-15-25)29(35)11-8-20-34(39(3,37)38)27-18-16-26(31)17-19-27/h5-7,9-10,12-19,28H,4,8,11,20-22H2,1-3H3,(H,32,36)/t28-/m0/s1. The van der Waals surface area contributed by atoms with E-state index in [0.717, 1.165) is 27.3 Å². The third-order valence-corrected chi connectivity index (χ3v) is 7.56. The second kappa shape index (κ2) is 13.9. The van der Waals surface area contributed by atoms with Crippen molar-refractivity contribution in [3.63, 3.8) is 0 Å². The van der Waals surface area contributed by atoms with Crippen molar-refractivity contribution in [2.24, 2.45) is 0 Å². The minimum Gasteiger partial charge on any atom is -0.355 e. The van der Waals surface area contributed by atoms with Crippen molar-refractivity contribution in [3.8, 4) is 0 Å². The van der Waals surface area contributed by atoms with Crippen LogP contribution in [0.15, 0.2) is 78.9 Å². The lowest BCUT2D eigenvalue weighted by atomic mass is 10.0. The number of nitrogens with zero attached hydrogens (tertiary/aromatic N) is 2. The molecule has 0 unspecified atom stereocenters. The highest BCUT2D eigenvalue weighted by Crippen LogP contribution is 2.20. The maximum Gasteiger partial charge on any atom is 0.243 e. The maximum atomic E-state index is 13.7. The summed E-state index contributed by atoms with van der Waals surface area (Å²) < 4.78 is 39.5. The molecule has 39 heavy (non-hydrogen) atoms. The van der Waals surface area contributed by atoms with Gasteiger partial charge in [-0.2, -0.15) is 0 Å². The minimum atomic E-state index is -3.66. The average Bonchev–Trinajstić information content (AvgIpc) is 2.90. The highest BCUT2D eigenvalue weighted by molar-refractivity contribution is 7.92. The van der Waals surface area contributed by atoms with Crippen molar-refractivity contribution in [2.45, 2.75) is 45.7 Å². The van der Waals surface area contributed by atoms with Crippen LogP contribution in [0.25, 0.3) is 0 Å². The SMILES string of the molecule is CCNC(=O)[C@H](Cc1ccccc1)N(Cc1ccc(C)cc1)C(=O)CCCN(c1ccc(F)cc1)S(C)(=O)=O. The lowest BCUT2D eigenvalue weighted by Gasteiger charge is -2.32. The molecule has 208 valence electrons. The Kier molecular flexibility index (Phi) is 10.6. The topological polar surface area (TPSA) is 86.8 Å². The van der Waals surface area contributed by atoms with Crippen molar-refractivity contribution in [3.05, 3.63) is 101 Å². The van der Waals surface area contributed by atoms with Crippen molar-refractivity contribution >= 4 is 27.5 Å². The Morgan fingerprint density at radius 2 is 1.56 bits per heavy atom. The molecule has 9 heteroatoms. The van der Waals surface area contributed by atoms with Gasteiger partial charge in [-0.3, -0.25) is 13.9 Å². The molecule has 0 bridgehead atoms. The number of amides is 2. The third kappa shape index (κ3) is 8.92. The molecule has 2 amide bonds. The van der Waals surface area contributed by atoms with Crippen LogP contribution in [-0.2, 0) is 32.6 Å². The smallest absolute Gasteiger partial charge is 0.243 e. The second-order valence-electron chi connectivity index (χ2n) is 9.52. The normalized spacial score (nSPS) is 12.0. The lowest BCUT2D eigenvalue weighted by molar-refractivity contribution is -0.141. The Labute approximate surface area is 230 Å². The highest BCUT2D eigenvalue weighted by atomic mass is 32.2. The average molecular weight is 554 g/mol. The fourth-order valence-corrected chi connectivity index (χ4v) is 5.31. The largest absolute Gasteiger partial charge is 0.355 e. The van der Waals surface area contributed by atoms with Gasteiger partial charge in [-0.15, -0.1) is 0 Å². The first kappa shape index (κ1) is 29.8. The van der Waals surface area contributed by atoms with Gasteiger partial charge in [-0.1, -0.05) is 60.2 Å². The van der Waals surface area contributed by atoms with Crippen molar-refractivity contribution in [1.82, 2.24) is 10.2 Å². The Morgan fingerprint density at radius 1 is 0.923 bits per heavy atom. The van der Waals surface area contributed by atoms with Gasteiger partial charge in [0.2, 0.25) is 21.8 Å². The molecule has 1 N–H and O–H groups in total. The summed E-state index contributed by atoms with van der Waals surface area (Å²) in [6.45, 7) is 4.52. The zero-order chi connectivity index (χ0) is 28.4. The number of anilines is 1. The quantitative estimate of drug-likeness (QED) is 0.339. The molecule has 0 aliphatic heterocycles. The monoisotopic (exact) mass is 553 g/mol. The molecule has 1 atom stereocenters. The number of halogens is 1. The lowest BCUT2D eigenvalue weighted by Crippen LogP contribution is -2.50. The fourth-order valence-electron chi connectivity index (χ4n) is 4.35. The Balaban J connectivity index is 1.85. The highest BCUT2D eigenvalue weighted by Gasteiger charge is 2.30. The number of carbonyl (C=O) groups excluding carboxylic acids is 2. The molecule has 3 aromatic rings. The third-order valence-electron chi connectivity index (χ3n) is 6.36. The van der Waals surface area contributed by atoms with Crippen LogP contribution in [0.3, 0.4) is 0 Å². The number of likely N-dealkylation sites (N-methyl/N-ethyl adjacent to an activating group) is 1. The van der Waals surface area contributed by atoms with Gasteiger partial charge in [0.1, 0.15) is 11.9 Å². The molecule has 0 spiro atoms. The molecule has 0 saturated carbocycles. The van der Waals surface area contributed by atoms with E-state index < -0.39 is 21.9 Å². The van der Waals surface area contributed by atoms with Crippen LogP contribution >= 0.6 is 0 Å². The van der Waals surface area contributed by atoms with E-state index >= 15 is 0 Å². The summed E-state index contributed by atoms with van der Waals surface area (Å²) >= 11 is 0. The molecule has 7 nitrogen and oxygen atoms in total. The molecule has 0 aliphatic rings. The summed E-state index contributed by atoms with van der Waals surface area (Å²) in [5.41, 5.74) is 3.23. The first-order valence-electron chi connectivity index (χ1n) is 13.0. The Bertz CT molecular complexity index is 1330.